The highest BCUT2D eigenvalue weighted by atomic mass is 35.5. The molecule has 0 aliphatic rings. The van der Waals surface area contributed by atoms with Crippen molar-refractivity contribution in [1.82, 2.24) is 10.2 Å². The summed E-state index contributed by atoms with van der Waals surface area (Å²) in [7, 11) is -3.82. The molecule has 1 aromatic heterocycles. The van der Waals surface area contributed by atoms with E-state index < -0.39 is 10.0 Å². The summed E-state index contributed by atoms with van der Waals surface area (Å²) in [5.74, 6) is 0.244. The number of nitrogens with zero attached hydrogens (tertiary/aromatic N) is 1. The quantitative estimate of drug-likeness (QED) is 0.912. The lowest BCUT2D eigenvalue weighted by molar-refractivity contribution is 0.601. The Kier molecular flexibility index (Phi) is 3.75. The van der Waals surface area contributed by atoms with Gasteiger partial charge in [-0.2, -0.15) is 5.10 Å². The Labute approximate surface area is 121 Å². The number of anilines is 1. The number of aromatic amines is 1. The maximum absolute atomic E-state index is 12.2. The Morgan fingerprint density at radius 2 is 1.95 bits per heavy atom. The lowest BCUT2D eigenvalue weighted by Gasteiger charge is -2.08. The van der Waals surface area contributed by atoms with Gasteiger partial charge in [0.1, 0.15) is 4.90 Å². The van der Waals surface area contributed by atoms with Crippen LogP contribution in [0.2, 0.25) is 10.0 Å². The first-order valence-electron chi connectivity index (χ1n) is 5.30. The fourth-order valence-electron chi connectivity index (χ4n) is 1.45. The minimum atomic E-state index is -3.82. The van der Waals surface area contributed by atoms with Crippen molar-refractivity contribution >= 4 is 39.0 Å². The molecular weight excluding hydrogens is 309 g/mol. The zero-order chi connectivity index (χ0) is 14.2. The number of halogens is 2. The number of aromatic nitrogens is 2. The molecule has 0 atom stereocenters. The van der Waals surface area contributed by atoms with Crippen molar-refractivity contribution in [1.29, 1.82) is 0 Å². The highest BCUT2D eigenvalue weighted by Gasteiger charge is 2.21. The lowest BCUT2D eigenvalue weighted by atomic mass is 10.3. The van der Waals surface area contributed by atoms with E-state index >= 15 is 0 Å². The molecule has 0 aliphatic carbocycles. The average Bonchev–Trinajstić information content (AvgIpc) is 2.63. The second-order valence-electron chi connectivity index (χ2n) is 4.00. The van der Waals surface area contributed by atoms with Crippen LogP contribution < -0.4 is 4.72 Å². The third-order valence-electron chi connectivity index (χ3n) is 2.67. The third kappa shape index (κ3) is 2.86. The molecule has 2 rings (SSSR count). The van der Waals surface area contributed by atoms with Gasteiger partial charge in [0, 0.05) is 16.3 Å². The van der Waals surface area contributed by atoms with Crippen LogP contribution in [0.1, 0.15) is 11.3 Å². The largest absolute Gasteiger partial charge is 0.280 e. The fraction of sp³-hybridized carbons (Fsp3) is 0.182. The van der Waals surface area contributed by atoms with Crippen molar-refractivity contribution in [2.24, 2.45) is 0 Å². The topological polar surface area (TPSA) is 74.8 Å². The number of hydrogen-bond donors (Lipinski definition) is 2. The van der Waals surface area contributed by atoms with E-state index in [0.29, 0.717) is 5.02 Å². The molecule has 0 radical (unpaired) electrons. The van der Waals surface area contributed by atoms with E-state index in [9.17, 15) is 8.42 Å². The fourth-order valence-corrected chi connectivity index (χ4v) is 3.28. The molecule has 5 nitrogen and oxygen atoms in total. The van der Waals surface area contributed by atoms with Gasteiger partial charge in [0.05, 0.1) is 5.02 Å². The van der Waals surface area contributed by atoms with Gasteiger partial charge in [0.25, 0.3) is 10.0 Å². The van der Waals surface area contributed by atoms with Crippen molar-refractivity contribution in [3.63, 3.8) is 0 Å². The van der Waals surface area contributed by atoms with Crippen LogP contribution in [-0.4, -0.2) is 18.6 Å². The van der Waals surface area contributed by atoms with Crippen LogP contribution in [0.5, 0.6) is 0 Å². The van der Waals surface area contributed by atoms with Crippen molar-refractivity contribution in [3.05, 3.63) is 39.5 Å². The first-order chi connectivity index (χ1) is 8.81. The van der Waals surface area contributed by atoms with E-state index in [1.807, 2.05) is 0 Å². The Morgan fingerprint density at radius 1 is 1.26 bits per heavy atom. The average molecular weight is 320 g/mol. The van der Waals surface area contributed by atoms with Crippen molar-refractivity contribution < 1.29 is 8.42 Å². The standard InChI is InChI=1S/C11H11Cl2N3O2S/c1-6-7(2)14-15-11(6)16-19(17,18)10-5-8(12)3-4-9(10)13/h3-5H,1-2H3,(H2,14,15,16). The van der Waals surface area contributed by atoms with Crippen molar-refractivity contribution in [2.45, 2.75) is 18.7 Å². The molecule has 0 spiro atoms. The minimum absolute atomic E-state index is 0.0817. The molecular formula is C11H11Cl2N3O2S. The van der Waals surface area contributed by atoms with Crippen LogP contribution in [0.3, 0.4) is 0 Å². The van der Waals surface area contributed by atoms with Crippen LogP contribution in [0, 0.1) is 13.8 Å². The van der Waals surface area contributed by atoms with Crippen LogP contribution in [0.25, 0.3) is 0 Å². The third-order valence-corrected chi connectivity index (χ3v) is 4.72. The van der Waals surface area contributed by atoms with E-state index in [1.165, 1.54) is 18.2 Å². The summed E-state index contributed by atoms with van der Waals surface area (Å²) < 4.78 is 26.8. The normalized spacial score (nSPS) is 11.6. The van der Waals surface area contributed by atoms with Gasteiger partial charge < -0.3 is 0 Å². The van der Waals surface area contributed by atoms with Gasteiger partial charge in [-0.3, -0.25) is 9.82 Å². The number of rotatable bonds is 3. The molecule has 19 heavy (non-hydrogen) atoms. The Hall–Kier alpha value is -1.24. The summed E-state index contributed by atoms with van der Waals surface area (Å²) in [5, 5.41) is 6.98. The van der Waals surface area contributed by atoms with Crippen LogP contribution in [-0.2, 0) is 10.0 Å². The van der Waals surface area contributed by atoms with E-state index in [2.05, 4.69) is 14.9 Å². The van der Waals surface area contributed by atoms with Gasteiger partial charge >= 0.3 is 0 Å². The molecule has 0 saturated carbocycles. The number of nitrogens with one attached hydrogen (secondary N) is 2. The summed E-state index contributed by atoms with van der Waals surface area (Å²) >= 11 is 11.7. The molecule has 2 aromatic rings. The number of H-pyrrole nitrogens is 1. The SMILES string of the molecule is Cc1[nH]nc(NS(=O)(=O)c2cc(Cl)ccc2Cl)c1C. The predicted octanol–water partition coefficient (Wildman–Crippen LogP) is 3.13. The summed E-state index contributed by atoms with van der Waals surface area (Å²) in [6.07, 6.45) is 0. The van der Waals surface area contributed by atoms with Gasteiger partial charge in [-0.15, -0.1) is 0 Å². The summed E-state index contributed by atoms with van der Waals surface area (Å²) in [6.45, 7) is 3.56. The monoisotopic (exact) mass is 319 g/mol. The maximum Gasteiger partial charge on any atom is 0.264 e. The van der Waals surface area contributed by atoms with Crippen molar-refractivity contribution in [2.75, 3.05) is 4.72 Å². The molecule has 0 bridgehead atoms. The summed E-state index contributed by atoms with van der Waals surface area (Å²) in [5.41, 5.74) is 1.51. The predicted molar refractivity (Wildman–Crippen MR) is 75.3 cm³/mol. The zero-order valence-electron chi connectivity index (χ0n) is 10.2. The zero-order valence-corrected chi connectivity index (χ0v) is 12.5. The highest BCUT2D eigenvalue weighted by molar-refractivity contribution is 7.92. The van der Waals surface area contributed by atoms with Crippen molar-refractivity contribution in [3.8, 4) is 0 Å². The van der Waals surface area contributed by atoms with E-state index in [1.54, 1.807) is 13.8 Å². The minimum Gasteiger partial charge on any atom is -0.280 e. The molecule has 0 fully saturated rings. The lowest BCUT2D eigenvalue weighted by Crippen LogP contribution is -2.14. The second-order valence-corrected chi connectivity index (χ2v) is 6.50. The van der Waals surface area contributed by atoms with Crippen LogP contribution in [0.4, 0.5) is 5.82 Å². The highest BCUT2D eigenvalue weighted by Crippen LogP contribution is 2.27. The molecule has 0 unspecified atom stereocenters. The Morgan fingerprint density at radius 3 is 2.53 bits per heavy atom. The molecule has 1 heterocycles. The summed E-state index contributed by atoms with van der Waals surface area (Å²) in [4.78, 5) is -0.0817. The maximum atomic E-state index is 12.2. The molecule has 0 saturated heterocycles. The second kappa shape index (κ2) is 5.03. The van der Waals surface area contributed by atoms with Gasteiger partial charge in [-0.1, -0.05) is 23.2 Å². The molecule has 8 heteroatoms. The number of benzene rings is 1. The number of aryl methyl sites for hydroxylation is 1. The van der Waals surface area contributed by atoms with E-state index in [-0.39, 0.29) is 15.7 Å². The molecule has 1 aromatic carbocycles. The first-order valence-corrected chi connectivity index (χ1v) is 7.54. The van der Waals surface area contributed by atoms with E-state index in [0.717, 1.165) is 11.3 Å². The van der Waals surface area contributed by atoms with Crippen LogP contribution >= 0.6 is 23.2 Å². The van der Waals surface area contributed by atoms with Gasteiger partial charge in [0.2, 0.25) is 0 Å². The molecule has 0 amide bonds. The van der Waals surface area contributed by atoms with Crippen LogP contribution in [0.15, 0.2) is 23.1 Å². The Balaban J connectivity index is 2.43. The Bertz CT molecular complexity index is 726. The smallest absolute Gasteiger partial charge is 0.264 e. The van der Waals surface area contributed by atoms with Gasteiger partial charge in [0.15, 0.2) is 5.82 Å². The van der Waals surface area contributed by atoms with Gasteiger partial charge in [-0.25, -0.2) is 8.42 Å². The summed E-state index contributed by atoms with van der Waals surface area (Å²) in [6, 6.07) is 4.25. The molecule has 0 aliphatic heterocycles. The number of hydrogen-bond acceptors (Lipinski definition) is 3. The van der Waals surface area contributed by atoms with Gasteiger partial charge in [-0.05, 0) is 32.0 Å². The number of sulfonamides is 1. The molecule has 2 N–H and O–H groups in total. The van der Waals surface area contributed by atoms with E-state index in [4.69, 9.17) is 23.2 Å². The first kappa shape index (κ1) is 14.2. The molecule has 102 valence electrons.